The first-order chi connectivity index (χ1) is 24.9. The molecule has 3 heterocycles. The monoisotopic (exact) mass is 690 g/mol. The van der Waals surface area contributed by atoms with Gasteiger partial charge >= 0.3 is 0 Å². The summed E-state index contributed by atoms with van der Waals surface area (Å²) in [5.41, 5.74) is 7.93. The molecule has 0 unspecified atom stereocenters. The first-order valence-electron chi connectivity index (χ1n) is 17.5. The van der Waals surface area contributed by atoms with Gasteiger partial charge in [-0.15, -0.1) is 0 Å². The van der Waals surface area contributed by atoms with Gasteiger partial charge in [-0.05, 0) is 84.0 Å². The van der Waals surface area contributed by atoms with Gasteiger partial charge in [0, 0.05) is 57.7 Å². The van der Waals surface area contributed by atoms with Crippen LogP contribution in [0, 0.1) is 5.92 Å². The van der Waals surface area contributed by atoms with Crippen LogP contribution in [0.3, 0.4) is 0 Å². The molecule has 3 aromatic heterocycles. The zero-order valence-electron chi connectivity index (χ0n) is 28.2. The molecular weight excluding hydrogens is 653 g/mol. The lowest BCUT2D eigenvalue weighted by Crippen LogP contribution is -2.36. The molecule has 1 N–H and O–H groups in total. The third-order valence-electron chi connectivity index (χ3n) is 9.97. The number of H-pyrrole nitrogens is 1. The highest BCUT2D eigenvalue weighted by atomic mass is 32.2. The summed E-state index contributed by atoms with van der Waals surface area (Å²) in [5, 5.41) is 1.85. The Morgan fingerprint density at radius 1 is 0.784 bits per heavy atom. The number of hydrogen-bond acceptors (Lipinski definition) is 5. The van der Waals surface area contributed by atoms with Crippen LogP contribution >= 0.6 is 0 Å². The molecule has 254 valence electrons. The molecule has 1 saturated carbocycles. The third-order valence-corrected chi connectivity index (χ3v) is 11.7. The minimum Gasteiger partial charge on any atom is -0.339 e. The maximum absolute atomic E-state index is 13.8. The Kier molecular flexibility index (Phi) is 8.92. The highest BCUT2D eigenvalue weighted by molar-refractivity contribution is 7.90. The number of fused-ring (bicyclic) bond motifs is 3. The molecule has 0 aliphatic heterocycles. The molecule has 0 saturated heterocycles. The van der Waals surface area contributed by atoms with E-state index in [2.05, 4.69) is 34.2 Å². The number of carbonyl (C=O) groups is 1. The summed E-state index contributed by atoms with van der Waals surface area (Å²) in [4.78, 5) is 28.8. The summed E-state index contributed by atoms with van der Waals surface area (Å²) in [6.07, 6.45) is 8.59. The Balaban J connectivity index is 1.20. The van der Waals surface area contributed by atoms with Crippen LogP contribution in [0.25, 0.3) is 44.2 Å². The predicted molar refractivity (Wildman–Crippen MR) is 204 cm³/mol. The van der Waals surface area contributed by atoms with E-state index >= 15 is 0 Å². The fraction of sp³-hybridized carbons (Fsp3) is 0.186. The van der Waals surface area contributed by atoms with Crippen LogP contribution in [0.4, 0.5) is 5.69 Å². The van der Waals surface area contributed by atoms with E-state index in [-0.39, 0.29) is 18.1 Å². The minimum absolute atomic E-state index is 0.0466. The lowest BCUT2D eigenvalue weighted by molar-refractivity contribution is -0.118. The third kappa shape index (κ3) is 6.79. The zero-order chi connectivity index (χ0) is 34.8. The number of aromatic amines is 1. The molecule has 1 fully saturated rings. The SMILES string of the molecule is O=C(Cc1ccccn1)N(CC1CCCC1)c1ccc(-c2cnc3[nH]c4ccc(CS(=O)(=O)c5ccccc5)cc4c3c2-c2ccccc2)cc1. The van der Waals surface area contributed by atoms with Crippen LogP contribution in [0.1, 0.15) is 36.9 Å². The van der Waals surface area contributed by atoms with Gasteiger partial charge in [0.05, 0.1) is 17.1 Å². The van der Waals surface area contributed by atoms with E-state index in [0.29, 0.717) is 22.9 Å². The maximum atomic E-state index is 13.8. The van der Waals surface area contributed by atoms with E-state index in [4.69, 9.17) is 4.98 Å². The standard InChI is InChI=1S/C43H38N4O3S/c48-40(26-34-15-9-10-24-44-34)47(28-30-11-7-8-12-30)35-21-19-32(20-22-35)38-27-45-43-42(41(38)33-13-3-1-4-14-33)37-25-31(18-23-39(37)46-43)29-51(49,50)36-16-5-2-6-17-36/h1-6,9-10,13-25,27,30H,7-8,11-12,26,28-29H2,(H,45,46). The second-order valence-corrected chi connectivity index (χ2v) is 15.4. The van der Waals surface area contributed by atoms with E-state index in [1.165, 1.54) is 12.8 Å². The maximum Gasteiger partial charge on any atom is 0.233 e. The van der Waals surface area contributed by atoms with Gasteiger partial charge in [-0.25, -0.2) is 13.4 Å². The number of benzene rings is 4. The van der Waals surface area contributed by atoms with Crippen molar-refractivity contribution in [3.63, 3.8) is 0 Å². The van der Waals surface area contributed by atoms with Crippen molar-refractivity contribution in [2.45, 2.75) is 42.8 Å². The van der Waals surface area contributed by atoms with Gasteiger partial charge in [0.25, 0.3) is 0 Å². The number of hydrogen-bond donors (Lipinski definition) is 1. The van der Waals surface area contributed by atoms with Crippen molar-refractivity contribution in [3.05, 3.63) is 145 Å². The van der Waals surface area contributed by atoms with Crippen molar-refractivity contribution in [1.82, 2.24) is 15.0 Å². The molecule has 0 radical (unpaired) electrons. The number of amides is 1. The fourth-order valence-corrected chi connectivity index (χ4v) is 8.78. The highest BCUT2D eigenvalue weighted by Gasteiger charge is 2.25. The number of nitrogens with one attached hydrogen (secondary N) is 1. The van der Waals surface area contributed by atoms with Gasteiger partial charge in [0.2, 0.25) is 5.91 Å². The van der Waals surface area contributed by atoms with Crippen molar-refractivity contribution >= 4 is 43.4 Å². The minimum atomic E-state index is -3.53. The number of nitrogens with zero attached hydrogens (tertiary/aromatic N) is 3. The Morgan fingerprint density at radius 2 is 1.51 bits per heavy atom. The average Bonchev–Trinajstić information content (AvgIpc) is 3.82. The topological polar surface area (TPSA) is 96.0 Å². The summed E-state index contributed by atoms with van der Waals surface area (Å²) >= 11 is 0. The first kappa shape index (κ1) is 32.6. The van der Waals surface area contributed by atoms with Gasteiger partial charge < -0.3 is 9.88 Å². The van der Waals surface area contributed by atoms with E-state index in [0.717, 1.165) is 68.4 Å². The predicted octanol–water partition coefficient (Wildman–Crippen LogP) is 9.18. The van der Waals surface area contributed by atoms with Crippen molar-refractivity contribution in [2.75, 3.05) is 11.4 Å². The van der Waals surface area contributed by atoms with E-state index in [1.807, 2.05) is 83.9 Å². The molecule has 7 nitrogen and oxygen atoms in total. The first-order valence-corrected chi connectivity index (χ1v) is 19.2. The molecule has 1 amide bonds. The van der Waals surface area contributed by atoms with Crippen LogP contribution in [0.5, 0.6) is 0 Å². The lowest BCUT2D eigenvalue weighted by Gasteiger charge is -2.26. The summed E-state index contributed by atoms with van der Waals surface area (Å²) in [6.45, 7) is 0.700. The lowest BCUT2D eigenvalue weighted by atomic mass is 9.92. The number of pyridine rings is 2. The van der Waals surface area contributed by atoms with E-state index in [9.17, 15) is 13.2 Å². The van der Waals surface area contributed by atoms with Gasteiger partial charge in [0.15, 0.2) is 9.84 Å². The summed E-state index contributed by atoms with van der Waals surface area (Å²) in [6, 6.07) is 38.5. The Labute approximate surface area is 297 Å². The molecule has 0 bridgehead atoms. The molecular formula is C43H38N4O3S. The molecule has 7 aromatic rings. The van der Waals surface area contributed by atoms with Crippen LogP contribution in [0.15, 0.2) is 139 Å². The van der Waals surface area contributed by atoms with E-state index in [1.54, 1.807) is 30.5 Å². The number of anilines is 1. The van der Waals surface area contributed by atoms with Crippen LogP contribution in [0.2, 0.25) is 0 Å². The summed E-state index contributed by atoms with van der Waals surface area (Å²) in [7, 11) is -3.53. The van der Waals surface area contributed by atoms with Gasteiger partial charge in [-0.2, -0.15) is 0 Å². The molecule has 1 aliphatic rings. The second-order valence-electron chi connectivity index (χ2n) is 13.4. The van der Waals surface area contributed by atoms with Crippen molar-refractivity contribution in [3.8, 4) is 22.3 Å². The second kappa shape index (κ2) is 14.0. The van der Waals surface area contributed by atoms with E-state index < -0.39 is 9.84 Å². The van der Waals surface area contributed by atoms with Gasteiger partial charge in [0.1, 0.15) is 5.65 Å². The molecule has 0 spiro atoms. The van der Waals surface area contributed by atoms with Crippen LogP contribution in [-0.2, 0) is 26.8 Å². The number of sulfone groups is 1. The van der Waals surface area contributed by atoms with Crippen molar-refractivity contribution < 1.29 is 13.2 Å². The van der Waals surface area contributed by atoms with Crippen LogP contribution in [-0.4, -0.2) is 35.8 Å². The largest absolute Gasteiger partial charge is 0.339 e. The van der Waals surface area contributed by atoms with Crippen LogP contribution < -0.4 is 4.90 Å². The number of aromatic nitrogens is 3. The molecule has 0 atom stereocenters. The summed E-state index contributed by atoms with van der Waals surface area (Å²) in [5.74, 6) is 0.430. The van der Waals surface area contributed by atoms with Gasteiger partial charge in [-0.3, -0.25) is 9.78 Å². The normalized spacial score (nSPS) is 13.6. The Morgan fingerprint density at radius 3 is 2.24 bits per heavy atom. The molecule has 8 heteroatoms. The summed E-state index contributed by atoms with van der Waals surface area (Å²) < 4.78 is 26.6. The van der Waals surface area contributed by atoms with Crippen molar-refractivity contribution in [2.24, 2.45) is 5.92 Å². The molecule has 8 rings (SSSR count). The molecule has 4 aromatic carbocycles. The number of rotatable bonds is 10. The highest BCUT2D eigenvalue weighted by Crippen LogP contribution is 2.41. The quantitative estimate of drug-likeness (QED) is 0.154. The fourth-order valence-electron chi connectivity index (χ4n) is 7.42. The smallest absolute Gasteiger partial charge is 0.233 e. The molecule has 51 heavy (non-hydrogen) atoms. The number of carbonyl (C=O) groups excluding carboxylic acids is 1. The molecule has 1 aliphatic carbocycles. The Bertz CT molecular complexity index is 2420. The Hall–Kier alpha value is -5.60. The average molecular weight is 691 g/mol. The van der Waals surface area contributed by atoms with Crippen molar-refractivity contribution in [1.29, 1.82) is 0 Å². The van der Waals surface area contributed by atoms with Gasteiger partial charge in [-0.1, -0.05) is 85.6 Å². The zero-order valence-corrected chi connectivity index (χ0v) is 29.0.